The van der Waals surface area contributed by atoms with Gasteiger partial charge in [0, 0.05) is 31.7 Å². The van der Waals surface area contributed by atoms with Crippen molar-refractivity contribution in [3.8, 4) is 0 Å². The SMILES string of the molecule is Cc1ccc(C(=O)N2CCN(S(=O)(=O)c3ccc(C(C)C)cc3)CC2)cc1. The number of hydrogen-bond donors (Lipinski definition) is 0. The zero-order chi connectivity index (χ0) is 19.6. The molecule has 1 heterocycles. The van der Waals surface area contributed by atoms with E-state index in [1.807, 2.05) is 43.3 Å². The monoisotopic (exact) mass is 386 g/mol. The van der Waals surface area contributed by atoms with E-state index in [4.69, 9.17) is 0 Å². The number of nitrogens with zero attached hydrogens (tertiary/aromatic N) is 2. The summed E-state index contributed by atoms with van der Waals surface area (Å²) in [6.07, 6.45) is 0. The fourth-order valence-electron chi connectivity index (χ4n) is 3.18. The lowest BCUT2D eigenvalue weighted by molar-refractivity contribution is 0.0698. The highest BCUT2D eigenvalue weighted by Crippen LogP contribution is 2.21. The summed E-state index contributed by atoms with van der Waals surface area (Å²) in [5.74, 6) is 0.311. The van der Waals surface area contributed by atoms with E-state index >= 15 is 0 Å². The van der Waals surface area contributed by atoms with Crippen molar-refractivity contribution in [1.29, 1.82) is 0 Å². The minimum atomic E-state index is -3.53. The summed E-state index contributed by atoms with van der Waals surface area (Å²) in [7, 11) is -3.53. The smallest absolute Gasteiger partial charge is 0.253 e. The van der Waals surface area contributed by atoms with E-state index in [1.54, 1.807) is 17.0 Å². The Balaban J connectivity index is 1.67. The fraction of sp³-hybridized carbons (Fsp3) is 0.381. The maximum Gasteiger partial charge on any atom is 0.253 e. The molecule has 144 valence electrons. The molecule has 1 fully saturated rings. The van der Waals surface area contributed by atoms with Crippen LogP contribution in [0.2, 0.25) is 0 Å². The average molecular weight is 387 g/mol. The van der Waals surface area contributed by atoms with Crippen LogP contribution in [0.15, 0.2) is 53.4 Å². The Bertz CT molecular complexity index is 895. The zero-order valence-electron chi connectivity index (χ0n) is 16.1. The van der Waals surface area contributed by atoms with E-state index in [0.717, 1.165) is 11.1 Å². The minimum Gasteiger partial charge on any atom is -0.336 e. The van der Waals surface area contributed by atoms with Crippen LogP contribution in [-0.4, -0.2) is 49.7 Å². The first kappa shape index (κ1) is 19.6. The second-order valence-corrected chi connectivity index (χ2v) is 9.22. The van der Waals surface area contributed by atoms with Crippen molar-refractivity contribution in [2.75, 3.05) is 26.2 Å². The third-order valence-corrected chi connectivity index (χ3v) is 6.92. The van der Waals surface area contributed by atoms with Crippen LogP contribution in [0.5, 0.6) is 0 Å². The quantitative estimate of drug-likeness (QED) is 0.810. The van der Waals surface area contributed by atoms with Gasteiger partial charge in [0.15, 0.2) is 0 Å². The third-order valence-electron chi connectivity index (χ3n) is 5.01. The van der Waals surface area contributed by atoms with E-state index in [-0.39, 0.29) is 5.91 Å². The Kier molecular flexibility index (Phi) is 5.67. The molecule has 1 saturated heterocycles. The van der Waals surface area contributed by atoms with E-state index in [0.29, 0.717) is 42.6 Å². The lowest BCUT2D eigenvalue weighted by atomic mass is 10.0. The number of aryl methyl sites for hydroxylation is 1. The van der Waals surface area contributed by atoms with Gasteiger partial charge in [0.1, 0.15) is 0 Å². The fourth-order valence-corrected chi connectivity index (χ4v) is 4.61. The van der Waals surface area contributed by atoms with Crippen molar-refractivity contribution in [3.05, 3.63) is 65.2 Å². The molecule has 0 aromatic heterocycles. The first-order chi connectivity index (χ1) is 12.8. The average Bonchev–Trinajstić information content (AvgIpc) is 2.68. The van der Waals surface area contributed by atoms with Gasteiger partial charge >= 0.3 is 0 Å². The van der Waals surface area contributed by atoms with Gasteiger partial charge in [-0.25, -0.2) is 8.42 Å². The molecular formula is C21H26N2O3S. The van der Waals surface area contributed by atoms with E-state index in [9.17, 15) is 13.2 Å². The highest BCUT2D eigenvalue weighted by Gasteiger charge is 2.30. The molecule has 0 saturated carbocycles. The maximum absolute atomic E-state index is 12.9. The summed E-state index contributed by atoms with van der Waals surface area (Å²) >= 11 is 0. The summed E-state index contributed by atoms with van der Waals surface area (Å²) in [4.78, 5) is 14.6. The lowest BCUT2D eigenvalue weighted by Crippen LogP contribution is -2.50. The molecule has 0 atom stereocenters. The number of piperazine rings is 1. The van der Waals surface area contributed by atoms with Crippen molar-refractivity contribution in [2.24, 2.45) is 0 Å². The molecule has 27 heavy (non-hydrogen) atoms. The van der Waals surface area contributed by atoms with E-state index in [1.165, 1.54) is 4.31 Å². The van der Waals surface area contributed by atoms with Gasteiger partial charge in [0.25, 0.3) is 5.91 Å². The molecular weight excluding hydrogens is 360 g/mol. The summed E-state index contributed by atoms with van der Waals surface area (Å²) in [6.45, 7) is 7.55. The predicted octanol–water partition coefficient (Wildman–Crippen LogP) is 3.27. The van der Waals surface area contributed by atoms with Crippen LogP contribution in [0.3, 0.4) is 0 Å². The first-order valence-corrected chi connectivity index (χ1v) is 10.7. The second kappa shape index (κ2) is 7.82. The van der Waals surface area contributed by atoms with Crippen molar-refractivity contribution >= 4 is 15.9 Å². The van der Waals surface area contributed by atoms with Crippen LogP contribution in [0.25, 0.3) is 0 Å². The molecule has 1 aliphatic heterocycles. The molecule has 5 nitrogen and oxygen atoms in total. The summed E-state index contributed by atoms with van der Waals surface area (Å²) in [6, 6.07) is 14.5. The predicted molar refractivity (Wildman–Crippen MR) is 106 cm³/mol. The van der Waals surface area contributed by atoms with Crippen LogP contribution in [-0.2, 0) is 10.0 Å². The van der Waals surface area contributed by atoms with Gasteiger partial charge in [0.05, 0.1) is 4.90 Å². The first-order valence-electron chi connectivity index (χ1n) is 9.25. The largest absolute Gasteiger partial charge is 0.336 e. The van der Waals surface area contributed by atoms with Gasteiger partial charge in [-0.05, 0) is 42.7 Å². The molecule has 2 aromatic carbocycles. The number of carbonyl (C=O) groups is 1. The van der Waals surface area contributed by atoms with E-state index < -0.39 is 10.0 Å². The molecule has 0 radical (unpaired) electrons. The van der Waals surface area contributed by atoms with Crippen LogP contribution < -0.4 is 0 Å². The van der Waals surface area contributed by atoms with Crippen molar-refractivity contribution in [1.82, 2.24) is 9.21 Å². The van der Waals surface area contributed by atoms with Crippen LogP contribution in [0.4, 0.5) is 0 Å². The highest BCUT2D eigenvalue weighted by atomic mass is 32.2. The van der Waals surface area contributed by atoms with Gasteiger partial charge < -0.3 is 4.90 Å². The number of sulfonamides is 1. The van der Waals surface area contributed by atoms with Crippen molar-refractivity contribution in [2.45, 2.75) is 31.6 Å². The number of hydrogen-bond acceptors (Lipinski definition) is 3. The molecule has 1 amide bonds. The Hall–Kier alpha value is -2.18. The van der Waals surface area contributed by atoms with Crippen LogP contribution >= 0.6 is 0 Å². The van der Waals surface area contributed by atoms with Gasteiger partial charge in [0.2, 0.25) is 10.0 Å². The van der Waals surface area contributed by atoms with Crippen molar-refractivity contribution in [3.63, 3.8) is 0 Å². The molecule has 3 rings (SSSR count). The molecule has 0 spiro atoms. The normalized spacial score (nSPS) is 15.9. The van der Waals surface area contributed by atoms with Crippen LogP contribution in [0, 0.1) is 6.92 Å². The number of rotatable bonds is 4. The molecule has 2 aromatic rings. The van der Waals surface area contributed by atoms with Gasteiger partial charge in [-0.3, -0.25) is 4.79 Å². The summed E-state index contributed by atoms with van der Waals surface area (Å²) in [5.41, 5.74) is 2.86. The standard InChI is InChI=1S/C21H26N2O3S/c1-16(2)18-8-10-20(11-9-18)27(25,26)23-14-12-22(13-15-23)21(24)19-6-4-17(3)5-7-19/h4-11,16H,12-15H2,1-3H3. The molecule has 0 unspecified atom stereocenters. The van der Waals surface area contributed by atoms with Gasteiger partial charge in [-0.2, -0.15) is 4.31 Å². The Labute approximate surface area is 161 Å². The van der Waals surface area contributed by atoms with Gasteiger partial charge in [-0.1, -0.05) is 43.7 Å². The van der Waals surface area contributed by atoms with Crippen molar-refractivity contribution < 1.29 is 13.2 Å². The summed E-state index contributed by atoms with van der Waals surface area (Å²) in [5, 5.41) is 0. The summed E-state index contributed by atoms with van der Waals surface area (Å²) < 4.78 is 27.2. The molecule has 6 heteroatoms. The molecule has 1 aliphatic rings. The lowest BCUT2D eigenvalue weighted by Gasteiger charge is -2.34. The van der Waals surface area contributed by atoms with E-state index in [2.05, 4.69) is 13.8 Å². The zero-order valence-corrected chi connectivity index (χ0v) is 16.9. The number of benzene rings is 2. The Morgan fingerprint density at radius 3 is 1.96 bits per heavy atom. The highest BCUT2D eigenvalue weighted by molar-refractivity contribution is 7.89. The third kappa shape index (κ3) is 4.22. The minimum absolute atomic E-state index is 0.0478. The maximum atomic E-state index is 12.9. The Morgan fingerprint density at radius 1 is 0.889 bits per heavy atom. The molecule has 0 bridgehead atoms. The number of amides is 1. The number of carbonyl (C=O) groups excluding carboxylic acids is 1. The molecule has 0 N–H and O–H groups in total. The van der Waals surface area contributed by atoms with Crippen LogP contribution in [0.1, 0.15) is 41.3 Å². The Morgan fingerprint density at radius 2 is 1.44 bits per heavy atom. The molecule has 0 aliphatic carbocycles. The second-order valence-electron chi connectivity index (χ2n) is 7.29. The topological polar surface area (TPSA) is 57.7 Å². The van der Waals surface area contributed by atoms with Gasteiger partial charge in [-0.15, -0.1) is 0 Å².